The van der Waals surface area contributed by atoms with Crippen LogP contribution in [0.15, 0.2) is 34.4 Å². The molecule has 0 saturated carbocycles. The SMILES string of the molecule is CCOC(=O)Cc1c(C(=O)OCC)c2csc3ccccc3n-2c1=O. The molecular weight excluding hydrogens is 342 g/mol. The van der Waals surface area contributed by atoms with Gasteiger partial charge in [0, 0.05) is 10.9 Å². The Morgan fingerprint density at radius 1 is 1.12 bits per heavy atom. The van der Waals surface area contributed by atoms with Gasteiger partial charge in [0.25, 0.3) is 5.56 Å². The number of esters is 2. The zero-order valence-corrected chi connectivity index (χ0v) is 14.7. The maximum atomic E-state index is 13.0. The van der Waals surface area contributed by atoms with Crippen LogP contribution in [0.4, 0.5) is 0 Å². The number of ether oxygens (including phenoxy) is 2. The van der Waals surface area contributed by atoms with Crippen LogP contribution in [0.1, 0.15) is 29.8 Å². The van der Waals surface area contributed by atoms with Gasteiger partial charge in [-0.05, 0) is 26.0 Å². The third kappa shape index (κ3) is 3.02. The number of carbonyl (C=O) groups excluding carboxylic acids is 2. The normalized spacial score (nSPS) is 11.0. The molecule has 2 aliphatic rings. The Labute approximate surface area is 147 Å². The Hall–Kier alpha value is -2.67. The minimum absolute atomic E-state index is 0.112. The molecule has 7 heteroatoms. The Morgan fingerprint density at radius 2 is 1.84 bits per heavy atom. The molecule has 130 valence electrons. The molecule has 1 aromatic rings. The van der Waals surface area contributed by atoms with Crippen LogP contribution in [0, 0.1) is 0 Å². The van der Waals surface area contributed by atoms with Crippen LogP contribution in [0.3, 0.4) is 0 Å². The summed E-state index contributed by atoms with van der Waals surface area (Å²) in [7, 11) is 0. The van der Waals surface area contributed by atoms with Gasteiger partial charge in [0.15, 0.2) is 0 Å². The summed E-state index contributed by atoms with van der Waals surface area (Å²) in [6.45, 7) is 3.77. The van der Waals surface area contributed by atoms with Gasteiger partial charge in [0.05, 0.1) is 41.1 Å². The molecule has 0 bridgehead atoms. The van der Waals surface area contributed by atoms with Crippen LogP contribution in [-0.4, -0.2) is 29.7 Å². The molecular formula is C18H17NO5S. The van der Waals surface area contributed by atoms with Crippen molar-refractivity contribution in [2.24, 2.45) is 0 Å². The Kier molecular flexibility index (Phi) is 4.85. The van der Waals surface area contributed by atoms with Gasteiger partial charge in [-0.1, -0.05) is 12.1 Å². The van der Waals surface area contributed by atoms with Crippen LogP contribution in [0.2, 0.25) is 0 Å². The second kappa shape index (κ2) is 7.06. The van der Waals surface area contributed by atoms with Crippen LogP contribution in [0.5, 0.6) is 0 Å². The molecule has 25 heavy (non-hydrogen) atoms. The second-order valence-corrected chi connectivity index (χ2v) is 6.20. The minimum atomic E-state index is -0.608. The molecule has 0 amide bonds. The lowest BCUT2D eigenvalue weighted by Gasteiger charge is -2.09. The van der Waals surface area contributed by atoms with Crippen molar-refractivity contribution >= 4 is 33.5 Å². The lowest BCUT2D eigenvalue weighted by Crippen LogP contribution is -2.19. The van der Waals surface area contributed by atoms with Gasteiger partial charge in [0.2, 0.25) is 0 Å². The number of carbonyl (C=O) groups is 2. The van der Waals surface area contributed by atoms with Crippen LogP contribution < -0.4 is 5.56 Å². The lowest BCUT2D eigenvalue weighted by atomic mass is 10.1. The molecule has 0 fully saturated rings. The number of para-hydroxylation sites is 1. The van der Waals surface area contributed by atoms with E-state index in [1.165, 1.54) is 15.9 Å². The van der Waals surface area contributed by atoms with Crippen molar-refractivity contribution in [1.82, 2.24) is 4.57 Å². The maximum absolute atomic E-state index is 13.0. The summed E-state index contributed by atoms with van der Waals surface area (Å²) in [5.74, 6) is -1.15. The molecule has 0 radical (unpaired) electrons. The molecule has 0 N–H and O–H groups in total. The third-order valence-electron chi connectivity index (χ3n) is 3.77. The van der Waals surface area contributed by atoms with Crippen LogP contribution in [-0.2, 0) is 20.7 Å². The fourth-order valence-corrected chi connectivity index (χ4v) is 3.68. The number of fused-ring (bicyclic) bond motifs is 3. The molecule has 0 atom stereocenters. The molecule has 1 aromatic carbocycles. The summed E-state index contributed by atoms with van der Waals surface area (Å²) in [6, 6.07) is 7.41. The topological polar surface area (TPSA) is 74.6 Å². The van der Waals surface area contributed by atoms with Gasteiger partial charge < -0.3 is 9.47 Å². The van der Waals surface area contributed by atoms with Crippen molar-refractivity contribution in [3.8, 4) is 5.69 Å². The zero-order chi connectivity index (χ0) is 18.0. The summed E-state index contributed by atoms with van der Waals surface area (Å²) in [4.78, 5) is 37.3. The Balaban J connectivity index is 2.28. The standard InChI is InChI=1S/C18H17NO5S/c1-3-23-15(20)9-11-16(18(22)24-4-2)13-10-25-14-8-6-5-7-12(14)19(13)17(11)21/h5-8,10H,3-4,9H2,1-2H3. The number of hydrogen-bond acceptors (Lipinski definition) is 6. The fourth-order valence-electron chi connectivity index (χ4n) is 2.78. The minimum Gasteiger partial charge on any atom is -0.466 e. The first-order valence-corrected chi connectivity index (χ1v) is 8.83. The maximum Gasteiger partial charge on any atom is 0.340 e. The van der Waals surface area contributed by atoms with Gasteiger partial charge in [-0.3, -0.25) is 14.2 Å². The van der Waals surface area contributed by atoms with Crippen LogP contribution >= 0.6 is 11.3 Å². The van der Waals surface area contributed by atoms with Gasteiger partial charge in [0.1, 0.15) is 0 Å². The third-order valence-corrected chi connectivity index (χ3v) is 4.71. The van der Waals surface area contributed by atoms with Gasteiger partial charge >= 0.3 is 11.9 Å². The van der Waals surface area contributed by atoms with Crippen molar-refractivity contribution in [2.45, 2.75) is 20.3 Å². The highest BCUT2D eigenvalue weighted by atomic mass is 32.1. The van der Waals surface area contributed by atoms with Crippen molar-refractivity contribution in [3.63, 3.8) is 0 Å². The number of rotatable bonds is 5. The van der Waals surface area contributed by atoms with Crippen molar-refractivity contribution in [3.05, 3.63) is 51.1 Å². The summed E-state index contributed by atoms with van der Waals surface area (Å²) < 4.78 is 12.4. The van der Waals surface area contributed by atoms with E-state index in [2.05, 4.69) is 0 Å². The van der Waals surface area contributed by atoms with Gasteiger partial charge in [-0.25, -0.2) is 4.79 Å². The monoisotopic (exact) mass is 359 g/mol. The molecule has 3 rings (SSSR count). The molecule has 0 saturated heterocycles. The highest BCUT2D eigenvalue weighted by molar-refractivity contribution is 7.16. The Bertz CT molecular complexity index is 971. The number of nitrogens with zero attached hydrogens (tertiary/aromatic N) is 1. The lowest BCUT2D eigenvalue weighted by molar-refractivity contribution is -0.142. The number of benzene rings is 1. The van der Waals surface area contributed by atoms with Gasteiger partial charge in [-0.2, -0.15) is 0 Å². The van der Waals surface area contributed by atoms with Crippen LogP contribution in [0.25, 0.3) is 15.9 Å². The molecule has 0 unspecified atom stereocenters. The largest absolute Gasteiger partial charge is 0.466 e. The number of hydrogen-bond donors (Lipinski definition) is 0. The zero-order valence-electron chi connectivity index (χ0n) is 13.9. The van der Waals surface area contributed by atoms with Crippen molar-refractivity contribution in [2.75, 3.05) is 13.2 Å². The van der Waals surface area contributed by atoms with Crippen molar-refractivity contribution < 1.29 is 19.1 Å². The fraction of sp³-hybridized carbons (Fsp3) is 0.278. The summed E-state index contributed by atoms with van der Waals surface area (Å²) in [6.07, 6.45) is -0.262. The smallest absolute Gasteiger partial charge is 0.340 e. The first-order valence-electron chi connectivity index (χ1n) is 7.95. The van der Waals surface area contributed by atoms with E-state index in [9.17, 15) is 14.4 Å². The molecule has 6 nitrogen and oxygen atoms in total. The first-order chi connectivity index (χ1) is 12.1. The molecule has 2 aliphatic heterocycles. The summed E-state index contributed by atoms with van der Waals surface area (Å²) in [5.41, 5.74) is 1.000. The van der Waals surface area contributed by atoms with E-state index >= 15 is 0 Å². The quantitative estimate of drug-likeness (QED) is 0.655. The molecule has 2 heterocycles. The van der Waals surface area contributed by atoms with E-state index in [0.717, 1.165) is 4.70 Å². The van der Waals surface area contributed by atoms with Gasteiger partial charge in [-0.15, -0.1) is 11.3 Å². The molecule has 0 aliphatic carbocycles. The van der Waals surface area contributed by atoms with E-state index in [1.54, 1.807) is 19.2 Å². The van der Waals surface area contributed by atoms with E-state index < -0.39 is 17.5 Å². The second-order valence-electron chi connectivity index (χ2n) is 5.29. The average molecular weight is 359 g/mol. The first kappa shape index (κ1) is 17.2. The summed E-state index contributed by atoms with van der Waals surface area (Å²) in [5, 5.41) is 1.74. The van der Waals surface area contributed by atoms with Crippen molar-refractivity contribution in [1.29, 1.82) is 0 Å². The number of aromatic nitrogens is 1. The molecule has 0 aromatic heterocycles. The predicted octanol–water partition coefficient (Wildman–Crippen LogP) is 2.77. The highest BCUT2D eigenvalue weighted by Crippen LogP contribution is 2.29. The summed E-state index contributed by atoms with van der Waals surface area (Å²) >= 11 is 1.42. The average Bonchev–Trinajstić information content (AvgIpc) is 2.88. The van der Waals surface area contributed by atoms with E-state index in [4.69, 9.17) is 9.47 Å². The highest BCUT2D eigenvalue weighted by Gasteiger charge is 2.29. The van der Waals surface area contributed by atoms with E-state index in [0.29, 0.717) is 11.2 Å². The predicted molar refractivity (Wildman–Crippen MR) is 94.9 cm³/mol. The molecule has 0 spiro atoms. The Morgan fingerprint density at radius 3 is 2.56 bits per heavy atom. The van der Waals surface area contributed by atoms with E-state index in [1.807, 2.05) is 24.3 Å². The van der Waals surface area contributed by atoms with E-state index in [-0.39, 0.29) is 30.8 Å².